The first kappa shape index (κ1) is 25.1. The number of ether oxygens (including phenoxy) is 1. The number of halogens is 1. The summed E-state index contributed by atoms with van der Waals surface area (Å²) >= 11 is 0. The van der Waals surface area contributed by atoms with E-state index in [1.807, 2.05) is 17.9 Å². The van der Waals surface area contributed by atoms with E-state index in [1.165, 1.54) is 25.1 Å². The van der Waals surface area contributed by atoms with Gasteiger partial charge in [0.05, 0.1) is 23.5 Å². The number of benzene rings is 1. The summed E-state index contributed by atoms with van der Waals surface area (Å²) in [5, 5.41) is 13.5. The van der Waals surface area contributed by atoms with E-state index >= 15 is 0 Å². The number of pyridine rings is 1. The molecule has 1 aromatic heterocycles. The van der Waals surface area contributed by atoms with E-state index < -0.39 is 12.0 Å². The summed E-state index contributed by atoms with van der Waals surface area (Å²) in [7, 11) is 1.58. The Kier molecular flexibility index (Phi) is 7.31. The van der Waals surface area contributed by atoms with Crippen LogP contribution in [0.5, 0.6) is 0 Å². The molecule has 1 aromatic carbocycles. The molecule has 5 heterocycles. The highest BCUT2D eigenvalue weighted by molar-refractivity contribution is 6.00. The number of nitrogens with zero attached hydrogens (tertiary/aromatic N) is 6. The lowest BCUT2D eigenvalue weighted by atomic mass is 9.74. The number of amidine groups is 1. The van der Waals surface area contributed by atoms with E-state index in [-0.39, 0.29) is 6.73 Å². The quantitative estimate of drug-likeness (QED) is 0.578. The normalized spacial score (nSPS) is 27.2. The molecule has 4 aliphatic rings. The zero-order chi connectivity index (χ0) is 25.9. The van der Waals surface area contributed by atoms with Gasteiger partial charge < -0.3 is 19.9 Å². The van der Waals surface area contributed by atoms with Gasteiger partial charge in [-0.3, -0.25) is 9.98 Å². The van der Waals surface area contributed by atoms with Crippen LogP contribution in [-0.2, 0) is 11.3 Å². The lowest BCUT2D eigenvalue weighted by Crippen LogP contribution is -2.46. The summed E-state index contributed by atoms with van der Waals surface area (Å²) in [6, 6.07) is 10.1. The van der Waals surface area contributed by atoms with Gasteiger partial charge in [0.1, 0.15) is 24.4 Å². The van der Waals surface area contributed by atoms with Crippen molar-refractivity contribution < 1.29 is 9.13 Å². The number of allylic oxidation sites excluding steroid dienone is 1. The fourth-order valence-corrected chi connectivity index (χ4v) is 5.83. The number of aliphatic imine (C=N–C) groups is 2. The van der Waals surface area contributed by atoms with Crippen LogP contribution in [-0.4, -0.2) is 60.8 Å². The molecule has 4 aliphatic heterocycles. The number of nitriles is 1. The topological polar surface area (TPSA) is 89.1 Å². The molecule has 9 heteroatoms. The molecular weight excluding hydrogens is 469 g/mol. The highest BCUT2D eigenvalue weighted by Gasteiger charge is 2.37. The Labute approximate surface area is 217 Å². The highest BCUT2D eigenvalue weighted by Crippen LogP contribution is 2.40. The van der Waals surface area contributed by atoms with Crippen molar-refractivity contribution in [1.82, 2.24) is 20.1 Å². The van der Waals surface area contributed by atoms with Gasteiger partial charge in [0, 0.05) is 37.9 Å². The standard InChI is InChI=1S/C28H32FN7O/c1-18(31-2)26-28(33-17-37-3)36(27(34-26)22-11-23(29)14-32-13-22)15-19-4-5-24(21(10-19)12-30)25-16-35-8-6-20(25)7-9-35/h4-5,10-11,13-14,20,25,27,34H,2,6-9,15-17H2,1,3H3/b26-18+,33-28?. The van der Waals surface area contributed by atoms with E-state index in [0.29, 0.717) is 41.2 Å². The zero-order valence-corrected chi connectivity index (χ0v) is 21.3. The van der Waals surface area contributed by atoms with Crippen molar-refractivity contribution in [2.45, 2.75) is 38.4 Å². The molecule has 2 aromatic rings. The molecule has 0 spiro atoms. The Morgan fingerprint density at radius 1 is 1.30 bits per heavy atom. The number of fused-ring (bicyclic) bond motifs is 3. The Morgan fingerprint density at radius 2 is 2.11 bits per heavy atom. The molecule has 6 rings (SSSR count). The van der Waals surface area contributed by atoms with E-state index in [9.17, 15) is 9.65 Å². The molecule has 0 saturated carbocycles. The molecule has 2 atom stereocenters. The van der Waals surface area contributed by atoms with E-state index in [1.54, 1.807) is 13.3 Å². The fraction of sp³-hybridized carbons (Fsp3) is 0.429. The smallest absolute Gasteiger partial charge is 0.153 e. The van der Waals surface area contributed by atoms with Gasteiger partial charge in [0.2, 0.25) is 0 Å². The number of hydrogen-bond donors (Lipinski definition) is 1. The van der Waals surface area contributed by atoms with Crippen molar-refractivity contribution >= 4 is 12.6 Å². The van der Waals surface area contributed by atoms with Gasteiger partial charge in [-0.05, 0) is 68.7 Å². The summed E-state index contributed by atoms with van der Waals surface area (Å²) in [6.45, 7) is 9.47. The third kappa shape index (κ3) is 4.99. The minimum Gasteiger partial charge on any atom is -0.362 e. The third-order valence-corrected chi connectivity index (χ3v) is 7.72. The second kappa shape index (κ2) is 10.8. The number of piperidine rings is 3. The Morgan fingerprint density at radius 3 is 2.76 bits per heavy atom. The molecule has 4 saturated heterocycles. The second-order valence-corrected chi connectivity index (χ2v) is 9.91. The minimum atomic E-state index is -0.433. The molecule has 2 unspecified atom stereocenters. The van der Waals surface area contributed by atoms with Crippen LogP contribution in [0.1, 0.15) is 54.1 Å². The van der Waals surface area contributed by atoms with Crippen LogP contribution in [0.15, 0.2) is 58.0 Å². The van der Waals surface area contributed by atoms with E-state index in [0.717, 1.165) is 36.3 Å². The SMILES string of the molecule is C=N/C(C)=C1/NC(c2cncc(F)c2)N(Cc2ccc(C3CN4CCC3CC4)c(C#N)c2)C1=NCOC. The first-order valence-electron chi connectivity index (χ1n) is 12.6. The van der Waals surface area contributed by atoms with Gasteiger partial charge in [-0.1, -0.05) is 12.1 Å². The van der Waals surface area contributed by atoms with Crippen molar-refractivity contribution in [2.75, 3.05) is 33.5 Å². The predicted octanol–water partition coefficient (Wildman–Crippen LogP) is 3.94. The van der Waals surface area contributed by atoms with Crippen molar-refractivity contribution in [2.24, 2.45) is 15.9 Å². The fourth-order valence-electron chi connectivity index (χ4n) is 5.83. The number of aromatic nitrogens is 1. The van der Waals surface area contributed by atoms with Crippen LogP contribution in [0, 0.1) is 23.1 Å². The average molecular weight is 502 g/mol. The Balaban J connectivity index is 1.51. The monoisotopic (exact) mass is 501 g/mol. The third-order valence-electron chi connectivity index (χ3n) is 7.72. The summed E-state index contributed by atoms with van der Waals surface area (Å²) in [5.74, 6) is 1.27. The Bertz CT molecular complexity index is 1280. The van der Waals surface area contributed by atoms with E-state index in [4.69, 9.17) is 4.74 Å². The zero-order valence-electron chi connectivity index (χ0n) is 21.3. The summed E-state index contributed by atoms with van der Waals surface area (Å²) in [6.07, 6.45) is 4.79. The van der Waals surface area contributed by atoms with Crippen LogP contribution < -0.4 is 5.32 Å². The molecule has 37 heavy (non-hydrogen) atoms. The van der Waals surface area contributed by atoms with Gasteiger partial charge >= 0.3 is 0 Å². The molecule has 192 valence electrons. The highest BCUT2D eigenvalue weighted by atomic mass is 19.1. The van der Waals surface area contributed by atoms with Gasteiger partial charge in [-0.2, -0.15) is 5.26 Å². The van der Waals surface area contributed by atoms with Crippen molar-refractivity contribution in [3.63, 3.8) is 0 Å². The lowest BCUT2D eigenvalue weighted by Gasteiger charge is -2.45. The summed E-state index contributed by atoms with van der Waals surface area (Å²) in [4.78, 5) is 17.4. The van der Waals surface area contributed by atoms with Crippen LogP contribution in [0.2, 0.25) is 0 Å². The maximum atomic E-state index is 14.1. The molecule has 1 N–H and O–H groups in total. The van der Waals surface area contributed by atoms with Gasteiger partial charge in [0.25, 0.3) is 0 Å². The first-order valence-corrected chi connectivity index (χ1v) is 12.6. The lowest BCUT2D eigenvalue weighted by molar-refractivity contribution is 0.0870. The molecule has 8 nitrogen and oxygen atoms in total. The molecule has 2 bridgehead atoms. The van der Waals surface area contributed by atoms with E-state index in [2.05, 4.69) is 50.1 Å². The van der Waals surface area contributed by atoms with Gasteiger partial charge in [-0.15, -0.1) is 0 Å². The van der Waals surface area contributed by atoms with Crippen LogP contribution in [0.3, 0.4) is 0 Å². The molecule has 0 aliphatic carbocycles. The summed E-state index contributed by atoms with van der Waals surface area (Å²) in [5.41, 5.74) is 4.86. The largest absolute Gasteiger partial charge is 0.362 e. The maximum Gasteiger partial charge on any atom is 0.153 e. The molecule has 0 amide bonds. The molecule has 0 radical (unpaired) electrons. The number of hydrogen-bond acceptors (Lipinski definition) is 7. The maximum absolute atomic E-state index is 14.1. The minimum absolute atomic E-state index is 0.150. The molecule has 4 fully saturated rings. The summed E-state index contributed by atoms with van der Waals surface area (Å²) < 4.78 is 19.4. The Hall–Kier alpha value is -3.61. The van der Waals surface area contributed by atoms with Crippen molar-refractivity contribution in [3.05, 3.63) is 76.1 Å². The predicted molar refractivity (Wildman–Crippen MR) is 140 cm³/mol. The average Bonchev–Trinajstić information content (AvgIpc) is 3.29. The first-order chi connectivity index (χ1) is 18.0. The number of rotatable bonds is 7. The van der Waals surface area contributed by atoms with Gasteiger partial charge in [-0.25, -0.2) is 9.38 Å². The van der Waals surface area contributed by atoms with Crippen LogP contribution >= 0.6 is 0 Å². The number of nitrogens with one attached hydrogen (secondary N) is 1. The van der Waals surface area contributed by atoms with Crippen molar-refractivity contribution in [3.8, 4) is 6.07 Å². The number of methoxy groups -OCH3 is 1. The van der Waals surface area contributed by atoms with Crippen LogP contribution in [0.4, 0.5) is 4.39 Å². The van der Waals surface area contributed by atoms with Crippen molar-refractivity contribution in [1.29, 1.82) is 5.26 Å². The van der Waals surface area contributed by atoms with Crippen LogP contribution in [0.25, 0.3) is 0 Å². The second-order valence-electron chi connectivity index (χ2n) is 9.91. The molecular formula is C28H32FN7O. The van der Waals surface area contributed by atoms with Gasteiger partial charge in [0.15, 0.2) is 5.84 Å².